The number of aryl methyl sites for hydroxylation is 1. The van der Waals surface area contributed by atoms with Crippen LogP contribution in [0, 0.1) is 6.92 Å². The number of aromatic nitrogens is 2. The number of benzene rings is 2. The molecule has 2 amide bonds. The molecule has 0 saturated carbocycles. The smallest absolute Gasteiger partial charge is 0.255 e. The van der Waals surface area contributed by atoms with Crippen LogP contribution in [0.4, 0.5) is 5.69 Å². The summed E-state index contributed by atoms with van der Waals surface area (Å²) in [4.78, 5) is 30.8. The van der Waals surface area contributed by atoms with Gasteiger partial charge in [-0.3, -0.25) is 9.59 Å². The van der Waals surface area contributed by atoms with Crippen molar-refractivity contribution >= 4 is 23.1 Å². The molecule has 0 atom stereocenters. The van der Waals surface area contributed by atoms with Crippen molar-refractivity contribution in [3.8, 4) is 5.75 Å². The second-order valence-electron chi connectivity index (χ2n) is 7.70. The van der Waals surface area contributed by atoms with E-state index in [1.807, 2.05) is 35.9 Å². The van der Waals surface area contributed by atoms with Crippen molar-refractivity contribution in [3.05, 3.63) is 95.4 Å². The maximum atomic E-state index is 12.6. The van der Waals surface area contributed by atoms with Crippen molar-refractivity contribution in [2.45, 2.75) is 13.5 Å². The van der Waals surface area contributed by atoms with Crippen LogP contribution in [0.15, 0.2) is 73.1 Å². The number of pyridine rings is 1. The Labute approximate surface area is 186 Å². The van der Waals surface area contributed by atoms with Crippen molar-refractivity contribution in [1.29, 1.82) is 0 Å². The highest BCUT2D eigenvalue weighted by Gasteiger charge is 2.11. The Hall–Kier alpha value is -4.13. The van der Waals surface area contributed by atoms with Gasteiger partial charge in [-0.05, 0) is 61.0 Å². The molecule has 4 rings (SSSR count). The van der Waals surface area contributed by atoms with E-state index in [0.29, 0.717) is 29.2 Å². The van der Waals surface area contributed by atoms with Crippen LogP contribution in [0.25, 0.3) is 5.65 Å². The molecule has 1 N–H and O–H groups in total. The number of imidazole rings is 1. The molecule has 7 heteroatoms. The number of rotatable bonds is 6. The van der Waals surface area contributed by atoms with Crippen molar-refractivity contribution in [3.63, 3.8) is 0 Å². The molecule has 7 nitrogen and oxygen atoms in total. The average Bonchev–Trinajstić information content (AvgIpc) is 3.22. The van der Waals surface area contributed by atoms with Gasteiger partial charge in [-0.25, -0.2) is 4.98 Å². The Morgan fingerprint density at radius 3 is 2.53 bits per heavy atom. The molecular weight excluding hydrogens is 404 g/mol. The molecule has 0 unspecified atom stereocenters. The van der Waals surface area contributed by atoms with Gasteiger partial charge in [0.2, 0.25) is 0 Å². The van der Waals surface area contributed by atoms with Gasteiger partial charge in [0.1, 0.15) is 18.0 Å². The summed E-state index contributed by atoms with van der Waals surface area (Å²) in [7, 11) is 3.38. The predicted molar refractivity (Wildman–Crippen MR) is 123 cm³/mol. The third kappa shape index (κ3) is 4.62. The van der Waals surface area contributed by atoms with E-state index in [4.69, 9.17) is 4.74 Å². The highest BCUT2D eigenvalue weighted by Crippen LogP contribution is 2.18. The van der Waals surface area contributed by atoms with Crippen LogP contribution >= 0.6 is 0 Å². The van der Waals surface area contributed by atoms with E-state index in [1.54, 1.807) is 62.6 Å². The maximum Gasteiger partial charge on any atom is 0.255 e. The molecule has 0 aliphatic rings. The van der Waals surface area contributed by atoms with E-state index in [2.05, 4.69) is 10.3 Å². The first-order chi connectivity index (χ1) is 15.4. The highest BCUT2D eigenvalue weighted by atomic mass is 16.5. The molecule has 0 radical (unpaired) electrons. The first-order valence-electron chi connectivity index (χ1n) is 10.2. The Bertz CT molecular complexity index is 1280. The van der Waals surface area contributed by atoms with Gasteiger partial charge < -0.3 is 19.4 Å². The number of carbonyl (C=O) groups is 2. The molecule has 2 aromatic heterocycles. The van der Waals surface area contributed by atoms with E-state index in [9.17, 15) is 9.59 Å². The van der Waals surface area contributed by atoms with Gasteiger partial charge in [-0.15, -0.1) is 0 Å². The van der Waals surface area contributed by atoms with Gasteiger partial charge in [0, 0.05) is 43.3 Å². The van der Waals surface area contributed by atoms with Crippen LogP contribution in [0.3, 0.4) is 0 Å². The van der Waals surface area contributed by atoms with Crippen LogP contribution in [0.5, 0.6) is 5.75 Å². The van der Waals surface area contributed by atoms with Gasteiger partial charge in [-0.2, -0.15) is 0 Å². The predicted octanol–water partition coefficient (Wildman–Crippen LogP) is 4.18. The van der Waals surface area contributed by atoms with E-state index in [1.165, 1.54) is 4.90 Å². The lowest BCUT2D eigenvalue weighted by atomic mass is 10.1. The number of carbonyl (C=O) groups excluding carboxylic acids is 2. The lowest BCUT2D eigenvalue weighted by Gasteiger charge is -2.12. The summed E-state index contributed by atoms with van der Waals surface area (Å²) in [5.74, 6) is 0.263. The number of hydrogen-bond donors (Lipinski definition) is 1. The third-order valence-corrected chi connectivity index (χ3v) is 5.00. The number of anilines is 1. The third-order valence-electron chi connectivity index (χ3n) is 5.00. The number of nitrogens with zero attached hydrogens (tertiary/aromatic N) is 3. The van der Waals surface area contributed by atoms with E-state index < -0.39 is 0 Å². The Balaban J connectivity index is 1.38. The lowest BCUT2D eigenvalue weighted by Crippen LogP contribution is -2.21. The van der Waals surface area contributed by atoms with Crippen LogP contribution in [0.1, 0.15) is 32.0 Å². The molecule has 2 aromatic carbocycles. The van der Waals surface area contributed by atoms with Crippen LogP contribution in [-0.2, 0) is 6.61 Å². The standard InChI is InChI=1S/C25H24N4O3/c1-17-6-5-13-29-15-21(26-23(17)29)16-32-22-11-9-18(10-12-22)24(30)27-20-8-4-7-19(14-20)25(31)28(2)3/h4-15H,16H2,1-3H3,(H,27,30). The molecular formula is C25H24N4O3. The molecule has 32 heavy (non-hydrogen) atoms. The van der Waals surface area contributed by atoms with Crippen LogP contribution < -0.4 is 10.1 Å². The van der Waals surface area contributed by atoms with Crippen molar-refractivity contribution < 1.29 is 14.3 Å². The quantitative estimate of drug-likeness (QED) is 0.500. The largest absolute Gasteiger partial charge is 0.487 e. The minimum Gasteiger partial charge on any atom is -0.487 e. The number of nitrogens with one attached hydrogen (secondary N) is 1. The van der Waals surface area contributed by atoms with Gasteiger partial charge in [0.05, 0.1) is 5.69 Å². The number of fused-ring (bicyclic) bond motifs is 1. The minimum atomic E-state index is -0.262. The molecule has 2 heterocycles. The molecule has 0 saturated heterocycles. The number of ether oxygens (including phenoxy) is 1. The van der Waals surface area contributed by atoms with Crippen LogP contribution in [0.2, 0.25) is 0 Å². The van der Waals surface area contributed by atoms with Gasteiger partial charge in [0.25, 0.3) is 11.8 Å². The Morgan fingerprint density at radius 1 is 1.03 bits per heavy atom. The summed E-state index contributed by atoms with van der Waals surface area (Å²) in [5.41, 5.74) is 4.40. The summed E-state index contributed by atoms with van der Waals surface area (Å²) >= 11 is 0. The molecule has 0 fully saturated rings. The molecule has 0 aliphatic heterocycles. The second-order valence-corrected chi connectivity index (χ2v) is 7.70. The van der Waals surface area contributed by atoms with E-state index in [0.717, 1.165) is 16.9 Å². The molecule has 0 spiro atoms. The van der Waals surface area contributed by atoms with Crippen LogP contribution in [-0.4, -0.2) is 40.2 Å². The SMILES string of the molecule is Cc1cccn2cc(COc3ccc(C(=O)Nc4cccc(C(=O)N(C)C)c4)cc3)nc12. The maximum absolute atomic E-state index is 12.6. The summed E-state index contributed by atoms with van der Waals surface area (Å²) in [6.45, 7) is 2.35. The Kier molecular flexibility index (Phi) is 5.89. The first kappa shape index (κ1) is 21.1. The van der Waals surface area contributed by atoms with Crippen molar-refractivity contribution in [2.75, 3.05) is 19.4 Å². The van der Waals surface area contributed by atoms with Crippen molar-refractivity contribution in [2.24, 2.45) is 0 Å². The molecule has 0 bridgehead atoms. The normalized spacial score (nSPS) is 10.7. The fraction of sp³-hybridized carbons (Fsp3) is 0.160. The second kappa shape index (κ2) is 8.93. The van der Waals surface area contributed by atoms with Gasteiger partial charge in [-0.1, -0.05) is 12.1 Å². The molecule has 4 aromatic rings. The average molecular weight is 428 g/mol. The van der Waals surface area contributed by atoms with E-state index in [-0.39, 0.29) is 11.8 Å². The summed E-state index contributed by atoms with van der Waals surface area (Å²) in [6.07, 6.45) is 3.90. The van der Waals surface area contributed by atoms with Crippen molar-refractivity contribution in [1.82, 2.24) is 14.3 Å². The number of hydrogen-bond acceptors (Lipinski definition) is 4. The summed E-state index contributed by atoms with van der Waals surface area (Å²) in [6, 6.07) is 17.8. The highest BCUT2D eigenvalue weighted by molar-refractivity contribution is 6.05. The molecule has 162 valence electrons. The fourth-order valence-electron chi connectivity index (χ4n) is 3.33. The zero-order valence-electron chi connectivity index (χ0n) is 18.2. The fourth-order valence-corrected chi connectivity index (χ4v) is 3.33. The number of amides is 2. The zero-order chi connectivity index (χ0) is 22.7. The topological polar surface area (TPSA) is 75.9 Å². The van der Waals surface area contributed by atoms with Gasteiger partial charge >= 0.3 is 0 Å². The summed E-state index contributed by atoms with van der Waals surface area (Å²) in [5, 5.41) is 2.83. The van der Waals surface area contributed by atoms with E-state index >= 15 is 0 Å². The monoisotopic (exact) mass is 428 g/mol. The van der Waals surface area contributed by atoms with Gasteiger partial charge in [0.15, 0.2) is 0 Å². The molecule has 0 aliphatic carbocycles. The minimum absolute atomic E-state index is 0.122. The first-order valence-corrected chi connectivity index (χ1v) is 10.2. The summed E-state index contributed by atoms with van der Waals surface area (Å²) < 4.78 is 7.80. The lowest BCUT2D eigenvalue weighted by molar-refractivity contribution is 0.0827. The zero-order valence-corrected chi connectivity index (χ0v) is 18.2. The Morgan fingerprint density at radius 2 is 1.81 bits per heavy atom.